The van der Waals surface area contributed by atoms with E-state index in [0.717, 1.165) is 15.5 Å². The van der Waals surface area contributed by atoms with Gasteiger partial charge in [-0.1, -0.05) is 59.8 Å². The molecule has 0 N–H and O–H groups in total. The van der Waals surface area contributed by atoms with Gasteiger partial charge in [-0.25, -0.2) is 18.9 Å². The molecule has 4 rings (SSSR count). The van der Waals surface area contributed by atoms with Gasteiger partial charge in [0, 0.05) is 11.0 Å². The normalized spacial score (nSPS) is 11.1. The van der Waals surface area contributed by atoms with Crippen molar-refractivity contribution in [3.8, 4) is 0 Å². The van der Waals surface area contributed by atoms with Crippen molar-refractivity contribution in [3.05, 3.63) is 88.6 Å². The molecule has 5 nitrogen and oxygen atoms in total. The summed E-state index contributed by atoms with van der Waals surface area (Å²) >= 11 is 1.55. The second-order valence-electron chi connectivity index (χ2n) is 5.80. The van der Waals surface area contributed by atoms with E-state index in [-0.39, 0.29) is 5.69 Å². The van der Waals surface area contributed by atoms with Crippen LogP contribution in [0.4, 0.5) is 0 Å². The molecule has 2 aromatic carbocycles. The monoisotopic (exact) mass is 348 g/mol. The summed E-state index contributed by atoms with van der Waals surface area (Å²) in [6.45, 7) is 2.49. The minimum atomic E-state index is -0.181. The maximum absolute atomic E-state index is 12.5. The number of hydrogen-bond donors (Lipinski definition) is 0. The molecule has 25 heavy (non-hydrogen) atoms. The largest absolute Gasteiger partial charge is 0.351 e. The van der Waals surface area contributed by atoms with Crippen molar-refractivity contribution in [2.24, 2.45) is 0 Å². The number of fused-ring (bicyclic) bond motifs is 1. The summed E-state index contributed by atoms with van der Waals surface area (Å²) in [5, 5.41) is 5.26. The van der Waals surface area contributed by atoms with E-state index in [4.69, 9.17) is 0 Å². The number of aromatic nitrogens is 4. The third-order valence-corrected chi connectivity index (χ3v) is 4.81. The molecule has 0 aliphatic rings. The zero-order valence-corrected chi connectivity index (χ0v) is 14.5. The van der Waals surface area contributed by atoms with Crippen molar-refractivity contribution in [2.75, 3.05) is 0 Å². The molecule has 0 atom stereocenters. The molecule has 0 bridgehead atoms. The fourth-order valence-corrected chi connectivity index (χ4v) is 3.34. The SMILES string of the molecule is Cc1ccc(Cn2nc3cc(Sc4ccccc4)ncn3c2=O)cc1. The summed E-state index contributed by atoms with van der Waals surface area (Å²) in [6.07, 6.45) is 1.54. The molecule has 0 fully saturated rings. The van der Waals surface area contributed by atoms with Gasteiger partial charge < -0.3 is 0 Å². The first-order valence-corrected chi connectivity index (χ1v) is 8.74. The highest BCUT2D eigenvalue weighted by atomic mass is 32.2. The van der Waals surface area contributed by atoms with Crippen molar-refractivity contribution in [1.29, 1.82) is 0 Å². The van der Waals surface area contributed by atoms with Crippen molar-refractivity contribution in [2.45, 2.75) is 23.4 Å². The molecular formula is C19H16N4OS. The van der Waals surface area contributed by atoms with E-state index in [1.807, 2.05) is 67.6 Å². The Balaban J connectivity index is 1.65. The Morgan fingerprint density at radius 3 is 2.56 bits per heavy atom. The van der Waals surface area contributed by atoms with Crippen molar-refractivity contribution in [1.82, 2.24) is 19.2 Å². The Labute approximate surface area is 149 Å². The van der Waals surface area contributed by atoms with E-state index in [9.17, 15) is 4.79 Å². The topological polar surface area (TPSA) is 52.2 Å². The Morgan fingerprint density at radius 1 is 1.04 bits per heavy atom. The van der Waals surface area contributed by atoms with Crippen molar-refractivity contribution >= 4 is 17.4 Å². The number of hydrogen-bond acceptors (Lipinski definition) is 4. The fourth-order valence-electron chi connectivity index (χ4n) is 2.54. The zero-order chi connectivity index (χ0) is 17.2. The third-order valence-electron chi connectivity index (χ3n) is 3.87. The van der Waals surface area contributed by atoms with Gasteiger partial charge in [-0.05, 0) is 24.6 Å². The first-order chi connectivity index (χ1) is 12.2. The maximum Gasteiger partial charge on any atom is 0.351 e. The average Bonchev–Trinajstić information content (AvgIpc) is 2.93. The lowest BCUT2D eigenvalue weighted by molar-refractivity contribution is 0.658. The van der Waals surface area contributed by atoms with Crippen LogP contribution in [0.15, 0.2) is 81.7 Å². The highest BCUT2D eigenvalue weighted by Gasteiger charge is 2.09. The van der Waals surface area contributed by atoms with Crippen LogP contribution in [0.2, 0.25) is 0 Å². The van der Waals surface area contributed by atoms with Gasteiger partial charge in [0.15, 0.2) is 5.65 Å². The number of rotatable bonds is 4. The van der Waals surface area contributed by atoms with Crippen LogP contribution in [-0.2, 0) is 6.54 Å². The molecule has 0 saturated carbocycles. The minimum absolute atomic E-state index is 0.181. The van der Waals surface area contributed by atoms with Gasteiger partial charge in [0.05, 0.1) is 6.54 Å². The van der Waals surface area contributed by atoms with Crippen LogP contribution < -0.4 is 5.69 Å². The quantitative estimate of drug-likeness (QED) is 0.531. The van der Waals surface area contributed by atoms with Gasteiger partial charge in [0.25, 0.3) is 0 Å². The zero-order valence-electron chi connectivity index (χ0n) is 13.7. The van der Waals surface area contributed by atoms with Crippen LogP contribution in [0.25, 0.3) is 5.65 Å². The van der Waals surface area contributed by atoms with E-state index in [2.05, 4.69) is 10.1 Å². The number of aryl methyl sites for hydroxylation is 1. The standard InChI is InChI=1S/C19H16N4OS/c1-14-7-9-15(10-8-14)12-23-19(24)22-13-20-18(11-17(22)21-23)25-16-5-3-2-4-6-16/h2-11,13H,12H2,1H3. The molecule has 0 saturated heterocycles. The lowest BCUT2D eigenvalue weighted by atomic mass is 10.1. The summed E-state index contributed by atoms with van der Waals surface area (Å²) in [5.74, 6) is 0. The molecule has 4 aromatic rings. The van der Waals surface area contributed by atoms with Crippen LogP contribution in [0.5, 0.6) is 0 Å². The molecule has 0 amide bonds. The summed E-state index contributed by atoms with van der Waals surface area (Å²) in [6, 6.07) is 19.9. The third kappa shape index (κ3) is 3.34. The highest BCUT2D eigenvalue weighted by Crippen LogP contribution is 2.25. The van der Waals surface area contributed by atoms with E-state index >= 15 is 0 Å². The van der Waals surface area contributed by atoms with Crippen LogP contribution in [-0.4, -0.2) is 19.2 Å². The Kier molecular flexibility index (Phi) is 4.11. The van der Waals surface area contributed by atoms with Crippen LogP contribution in [0, 0.1) is 6.92 Å². The predicted octanol–water partition coefficient (Wildman–Crippen LogP) is 3.40. The van der Waals surface area contributed by atoms with E-state index in [1.165, 1.54) is 14.6 Å². The van der Waals surface area contributed by atoms with E-state index in [0.29, 0.717) is 12.2 Å². The molecule has 0 aliphatic heterocycles. The van der Waals surface area contributed by atoms with Crippen molar-refractivity contribution < 1.29 is 0 Å². The minimum Gasteiger partial charge on any atom is -0.246 e. The van der Waals surface area contributed by atoms with E-state index < -0.39 is 0 Å². The lowest BCUT2D eigenvalue weighted by Gasteiger charge is -2.00. The molecule has 0 radical (unpaired) electrons. The van der Waals surface area contributed by atoms with Gasteiger partial charge >= 0.3 is 5.69 Å². The van der Waals surface area contributed by atoms with Gasteiger partial charge in [-0.3, -0.25) is 0 Å². The average molecular weight is 348 g/mol. The molecule has 0 unspecified atom stereocenters. The van der Waals surface area contributed by atoms with Crippen molar-refractivity contribution in [3.63, 3.8) is 0 Å². The van der Waals surface area contributed by atoms with Gasteiger partial charge in [-0.15, -0.1) is 5.10 Å². The molecule has 2 heterocycles. The predicted molar refractivity (Wildman–Crippen MR) is 98.1 cm³/mol. The van der Waals surface area contributed by atoms with Gasteiger partial charge in [-0.2, -0.15) is 0 Å². The lowest BCUT2D eigenvalue weighted by Crippen LogP contribution is -2.21. The molecule has 0 aliphatic carbocycles. The molecule has 6 heteroatoms. The first kappa shape index (κ1) is 15.7. The molecule has 0 spiro atoms. The maximum atomic E-state index is 12.5. The van der Waals surface area contributed by atoms with Gasteiger partial charge in [0.1, 0.15) is 11.4 Å². The van der Waals surface area contributed by atoms with Crippen LogP contribution in [0.1, 0.15) is 11.1 Å². The summed E-state index contributed by atoms with van der Waals surface area (Å²) in [4.78, 5) is 18.0. The van der Waals surface area contributed by atoms with Crippen LogP contribution in [0.3, 0.4) is 0 Å². The fraction of sp³-hybridized carbons (Fsp3) is 0.105. The second-order valence-corrected chi connectivity index (χ2v) is 6.89. The Hall–Kier alpha value is -2.86. The first-order valence-electron chi connectivity index (χ1n) is 7.93. The summed E-state index contributed by atoms with van der Waals surface area (Å²) in [5.41, 5.74) is 2.66. The second kappa shape index (κ2) is 6.57. The summed E-state index contributed by atoms with van der Waals surface area (Å²) in [7, 11) is 0. The van der Waals surface area contributed by atoms with E-state index in [1.54, 1.807) is 18.1 Å². The Bertz CT molecular complexity index is 1070. The Morgan fingerprint density at radius 2 is 1.80 bits per heavy atom. The molecule has 2 aromatic heterocycles. The number of benzene rings is 2. The highest BCUT2D eigenvalue weighted by molar-refractivity contribution is 7.99. The van der Waals surface area contributed by atoms with Crippen LogP contribution >= 0.6 is 11.8 Å². The smallest absolute Gasteiger partial charge is 0.246 e. The molecule has 124 valence electrons. The van der Waals surface area contributed by atoms with Gasteiger partial charge in [0.2, 0.25) is 0 Å². The summed E-state index contributed by atoms with van der Waals surface area (Å²) < 4.78 is 2.95. The number of nitrogens with zero attached hydrogens (tertiary/aromatic N) is 4. The molecular weight excluding hydrogens is 332 g/mol.